The van der Waals surface area contributed by atoms with E-state index in [1.54, 1.807) is 12.1 Å². The first-order valence-electron chi connectivity index (χ1n) is 7.53. The summed E-state index contributed by atoms with van der Waals surface area (Å²) >= 11 is 6.23. The summed E-state index contributed by atoms with van der Waals surface area (Å²) in [6.45, 7) is 10.4. The lowest BCUT2D eigenvalue weighted by Gasteiger charge is -2.24. The zero-order chi connectivity index (χ0) is 15.0. The number of hydrogen-bond donors (Lipinski definition) is 1. The molecule has 0 spiro atoms. The van der Waals surface area contributed by atoms with Gasteiger partial charge in [0.05, 0.1) is 0 Å². The van der Waals surface area contributed by atoms with Gasteiger partial charge in [0, 0.05) is 11.1 Å². The lowest BCUT2D eigenvalue weighted by molar-refractivity contribution is 0.281. The number of halogens is 2. The van der Waals surface area contributed by atoms with Gasteiger partial charge in [-0.05, 0) is 62.8 Å². The molecule has 114 valence electrons. The Hall–Kier alpha value is -0.640. The van der Waals surface area contributed by atoms with Gasteiger partial charge in [-0.15, -0.1) is 0 Å². The zero-order valence-electron chi connectivity index (χ0n) is 12.8. The first-order chi connectivity index (χ1) is 9.62. The summed E-state index contributed by atoms with van der Waals surface area (Å²) in [6, 6.07) is 4.72. The fourth-order valence-corrected chi connectivity index (χ4v) is 2.57. The minimum atomic E-state index is -0.226. The van der Waals surface area contributed by atoms with Crippen LogP contribution < -0.4 is 5.32 Å². The minimum absolute atomic E-state index is 0.110. The lowest BCUT2D eigenvalue weighted by atomic mass is 10.0. The van der Waals surface area contributed by atoms with Crippen molar-refractivity contribution in [2.75, 3.05) is 26.2 Å². The third-order valence-electron chi connectivity index (χ3n) is 3.60. The second-order valence-electron chi connectivity index (χ2n) is 4.99. The Balaban J connectivity index is 2.79. The Morgan fingerprint density at radius 3 is 2.55 bits per heavy atom. The number of rotatable bonds is 9. The first kappa shape index (κ1) is 17.4. The maximum absolute atomic E-state index is 13.5. The Bertz CT molecular complexity index is 394. The summed E-state index contributed by atoms with van der Waals surface area (Å²) in [5, 5.41) is 4.12. The van der Waals surface area contributed by atoms with Crippen LogP contribution in [0.15, 0.2) is 18.2 Å². The maximum Gasteiger partial charge on any atom is 0.123 e. The van der Waals surface area contributed by atoms with Crippen LogP contribution in [0.25, 0.3) is 0 Å². The monoisotopic (exact) mass is 300 g/mol. The van der Waals surface area contributed by atoms with E-state index in [1.165, 1.54) is 6.07 Å². The normalized spacial score (nSPS) is 12.9. The summed E-state index contributed by atoms with van der Waals surface area (Å²) < 4.78 is 13.5. The van der Waals surface area contributed by atoms with Gasteiger partial charge in [-0.25, -0.2) is 4.39 Å². The average molecular weight is 301 g/mol. The molecule has 1 aromatic carbocycles. The van der Waals surface area contributed by atoms with Crippen LogP contribution in [-0.2, 0) is 0 Å². The van der Waals surface area contributed by atoms with Crippen molar-refractivity contribution in [1.29, 1.82) is 0 Å². The molecule has 0 fully saturated rings. The Morgan fingerprint density at radius 1 is 1.25 bits per heavy atom. The van der Waals surface area contributed by atoms with E-state index in [4.69, 9.17) is 11.6 Å². The topological polar surface area (TPSA) is 15.3 Å². The maximum atomic E-state index is 13.5. The number of benzene rings is 1. The Morgan fingerprint density at radius 2 is 1.95 bits per heavy atom. The van der Waals surface area contributed by atoms with Crippen LogP contribution in [0.2, 0.25) is 5.02 Å². The molecule has 0 aliphatic carbocycles. The van der Waals surface area contributed by atoms with Crippen molar-refractivity contribution in [1.82, 2.24) is 10.2 Å². The Kier molecular flexibility index (Phi) is 8.12. The summed E-state index contributed by atoms with van der Waals surface area (Å²) in [7, 11) is 0. The smallest absolute Gasteiger partial charge is 0.123 e. The van der Waals surface area contributed by atoms with E-state index in [2.05, 4.69) is 31.0 Å². The molecule has 1 aromatic rings. The molecular weight excluding hydrogens is 275 g/mol. The van der Waals surface area contributed by atoms with E-state index >= 15 is 0 Å². The molecule has 1 rings (SSSR count). The highest BCUT2D eigenvalue weighted by molar-refractivity contribution is 6.31. The molecule has 0 bridgehead atoms. The highest BCUT2D eigenvalue weighted by atomic mass is 35.5. The fourth-order valence-electron chi connectivity index (χ4n) is 2.32. The molecule has 1 atom stereocenters. The molecule has 4 heteroatoms. The van der Waals surface area contributed by atoms with Gasteiger partial charge in [0.2, 0.25) is 0 Å². The van der Waals surface area contributed by atoms with E-state index in [9.17, 15) is 4.39 Å². The lowest BCUT2D eigenvalue weighted by Crippen LogP contribution is -2.30. The molecular formula is C16H26ClFN2. The van der Waals surface area contributed by atoms with Crippen LogP contribution in [0.5, 0.6) is 0 Å². The third-order valence-corrected chi connectivity index (χ3v) is 3.95. The number of nitrogens with one attached hydrogen (secondary N) is 1. The molecule has 0 aliphatic heterocycles. The number of nitrogens with zero attached hydrogens (tertiary/aromatic N) is 1. The number of hydrogen-bond acceptors (Lipinski definition) is 2. The molecule has 2 nitrogen and oxygen atoms in total. The van der Waals surface area contributed by atoms with Crippen LogP contribution in [0.1, 0.15) is 45.2 Å². The van der Waals surface area contributed by atoms with Crippen LogP contribution in [0, 0.1) is 5.82 Å². The van der Waals surface area contributed by atoms with Crippen molar-refractivity contribution in [2.45, 2.75) is 39.7 Å². The average Bonchev–Trinajstić information content (AvgIpc) is 2.46. The van der Waals surface area contributed by atoms with Gasteiger partial charge >= 0.3 is 0 Å². The van der Waals surface area contributed by atoms with Crippen LogP contribution in [0.3, 0.4) is 0 Å². The highest BCUT2D eigenvalue weighted by Gasteiger charge is 2.16. The van der Waals surface area contributed by atoms with Gasteiger partial charge in [-0.3, -0.25) is 0 Å². The van der Waals surface area contributed by atoms with Crippen molar-refractivity contribution < 1.29 is 4.39 Å². The molecule has 20 heavy (non-hydrogen) atoms. The summed E-state index contributed by atoms with van der Waals surface area (Å²) in [5.41, 5.74) is 0.868. The van der Waals surface area contributed by atoms with Crippen molar-refractivity contribution in [2.24, 2.45) is 0 Å². The van der Waals surface area contributed by atoms with Gasteiger partial charge in [-0.2, -0.15) is 0 Å². The van der Waals surface area contributed by atoms with Gasteiger partial charge in [0.1, 0.15) is 5.82 Å². The molecule has 0 radical (unpaired) electrons. The highest BCUT2D eigenvalue weighted by Crippen LogP contribution is 2.26. The van der Waals surface area contributed by atoms with E-state index in [0.717, 1.165) is 44.6 Å². The van der Waals surface area contributed by atoms with Crippen molar-refractivity contribution in [3.05, 3.63) is 34.6 Å². The third kappa shape index (κ3) is 5.39. The quantitative estimate of drug-likeness (QED) is 0.733. The minimum Gasteiger partial charge on any atom is -0.310 e. The van der Waals surface area contributed by atoms with Gasteiger partial charge in [0.15, 0.2) is 0 Å². The molecule has 0 saturated heterocycles. The Labute approximate surface area is 127 Å². The largest absolute Gasteiger partial charge is 0.310 e. The standard InChI is InChI=1S/C16H26ClFN2/c1-4-10-19-16(9-11-20(5-2)6-3)14-12-13(18)7-8-15(14)17/h7-8,12,16,19H,4-6,9-11H2,1-3H3. The predicted molar refractivity (Wildman–Crippen MR) is 84.8 cm³/mol. The van der Waals surface area contributed by atoms with Gasteiger partial charge < -0.3 is 10.2 Å². The van der Waals surface area contributed by atoms with Crippen molar-refractivity contribution >= 4 is 11.6 Å². The van der Waals surface area contributed by atoms with Crippen LogP contribution in [-0.4, -0.2) is 31.1 Å². The second-order valence-corrected chi connectivity index (χ2v) is 5.40. The summed E-state index contributed by atoms with van der Waals surface area (Å²) in [4.78, 5) is 2.37. The molecule has 0 amide bonds. The van der Waals surface area contributed by atoms with Crippen molar-refractivity contribution in [3.8, 4) is 0 Å². The molecule has 0 saturated carbocycles. The summed E-state index contributed by atoms with van der Waals surface area (Å²) in [5.74, 6) is -0.226. The second kappa shape index (κ2) is 9.32. The van der Waals surface area contributed by atoms with E-state index in [-0.39, 0.29) is 11.9 Å². The van der Waals surface area contributed by atoms with E-state index in [0.29, 0.717) is 5.02 Å². The fraction of sp³-hybridized carbons (Fsp3) is 0.625. The van der Waals surface area contributed by atoms with E-state index < -0.39 is 0 Å². The predicted octanol–water partition coefficient (Wildman–Crippen LogP) is 4.25. The van der Waals surface area contributed by atoms with Crippen molar-refractivity contribution in [3.63, 3.8) is 0 Å². The molecule has 0 heterocycles. The zero-order valence-corrected chi connectivity index (χ0v) is 13.5. The van der Waals surface area contributed by atoms with Gasteiger partial charge in [-0.1, -0.05) is 32.4 Å². The summed E-state index contributed by atoms with van der Waals surface area (Å²) in [6.07, 6.45) is 1.99. The van der Waals surface area contributed by atoms with E-state index in [1.807, 2.05) is 0 Å². The van der Waals surface area contributed by atoms with Crippen LogP contribution >= 0.6 is 11.6 Å². The SMILES string of the molecule is CCCNC(CCN(CC)CC)c1cc(F)ccc1Cl. The molecule has 1 unspecified atom stereocenters. The molecule has 0 aromatic heterocycles. The van der Waals surface area contributed by atoms with Crippen LogP contribution in [0.4, 0.5) is 4.39 Å². The first-order valence-corrected chi connectivity index (χ1v) is 7.90. The molecule has 0 aliphatic rings. The molecule has 1 N–H and O–H groups in total. The van der Waals surface area contributed by atoms with Gasteiger partial charge in [0.25, 0.3) is 0 Å².